The van der Waals surface area contributed by atoms with Gasteiger partial charge in [-0.3, -0.25) is 4.79 Å². The first-order valence-electron chi connectivity index (χ1n) is 8.69. The molecule has 0 amide bonds. The van der Waals surface area contributed by atoms with Gasteiger partial charge in [-0.25, -0.2) is 0 Å². The van der Waals surface area contributed by atoms with Gasteiger partial charge in [-0.1, -0.05) is 60.2 Å². The summed E-state index contributed by atoms with van der Waals surface area (Å²) < 4.78 is 5.81. The van der Waals surface area contributed by atoms with Crippen molar-refractivity contribution in [3.05, 3.63) is 94.5 Å². The molecule has 4 heteroatoms. The molecule has 0 N–H and O–H groups in total. The van der Waals surface area contributed by atoms with Crippen LogP contribution in [0.25, 0.3) is 0 Å². The average Bonchev–Trinajstić information content (AvgIpc) is 2.61. The van der Waals surface area contributed by atoms with Crippen molar-refractivity contribution in [3.8, 4) is 5.75 Å². The van der Waals surface area contributed by atoms with E-state index in [0.29, 0.717) is 6.61 Å². The normalized spacial score (nSPS) is 10.6. The Bertz CT molecular complexity index is 882. The topological polar surface area (TPSA) is 26.3 Å². The molecule has 0 heterocycles. The van der Waals surface area contributed by atoms with Gasteiger partial charge in [0.15, 0.2) is 5.52 Å². The number of carbonyl (C=O) groups excluding carboxylic acids is 1. The van der Waals surface area contributed by atoms with Crippen LogP contribution in [0.5, 0.6) is 5.75 Å². The van der Waals surface area contributed by atoms with E-state index in [2.05, 4.69) is 19.1 Å². The Balaban J connectivity index is 0.00000261. The van der Waals surface area contributed by atoms with E-state index >= 15 is 0 Å². The van der Waals surface area contributed by atoms with E-state index in [1.54, 1.807) is 0 Å². The van der Waals surface area contributed by atoms with E-state index in [9.17, 15) is 4.79 Å². The van der Waals surface area contributed by atoms with E-state index in [1.165, 1.54) is 5.56 Å². The molecule has 2 nitrogen and oxygen atoms in total. The Labute approximate surface area is 175 Å². The number of carbonyl (C=O) groups is 1. The first-order chi connectivity index (χ1) is 12.5. The van der Waals surface area contributed by atoms with Crippen LogP contribution >= 0.6 is 8.58 Å². The first-order valence-corrected chi connectivity index (χ1v) is 9.69. The predicted octanol–water partition coefficient (Wildman–Crippen LogP) is 2.34. The summed E-state index contributed by atoms with van der Waals surface area (Å²) in [6.07, 6.45) is 0. The molecule has 27 heavy (non-hydrogen) atoms. The fraction of sp³-hybridized carbons (Fsp3) is 0.174. The summed E-state index contributed by atoms with van der Waals surface area (Å²) in [5, 5.41) is 1.03. The Morgan fingerprint density at radius 1 is 0.889 bits per heavy atom. The summed E-state index contributed by atoms with van der Waals surface area (Å²) in [6, 6.07) is 22.1. The minimum atomic E-state index is 0. The van der Waals surface area contributed by atoms with Gasteiger partial charge in [0.1, 0.15) is 12.4 Å². The van der Waals surface area contributed by atoms with Crippen LogP contribution in [0.15, 0.2) is 66.7 Å². The van der Waals surface area contributed by atoms with E-state index in [-0.39, 0.29) is 33.0 Å². The zero-order chi connectivity index (χ0) is 18.5. The number of hydrogen-bond acceptors (Lipinski definition) is 2. The maximum absolute atomic E-state index is 12.7. The molecule has 0 saturated heterocycles. The van der Waals surface area contributed by atoms with Crippen molar-refractivity contribution in [2.75, 3.05) is 0 Å². The van der Waals surface area contributed by atoms with E-state index in [4.69, 9.17) is 4.74 Å². The maximum atomic E-state index is 12.7. The van der Waals surface area contributed by atoms with Gasteiger partial charge in [0.05, 0.1) is 0 Å². The van der Waals surface area contributed by atoms with Gasteiger partial charge in [-0.15, -0.1) is 0 Å². The Morgan fingerprint density at radius 3 is 2.07 bits per heavy atom. The van der Waals surface area contributed by atoms with Gasteiger partial charge < -0.3 is 4.74 Å². The average molecular weight is 369 g/mol. The molecule has 0 radical (unpaired) electrons. The molecule has 0 spiro atoms. The van der Waals surface area contributed by atoms with Gasteiger partial charge >= 0.3 is 18.9 Å². The van der Waals surface area contributed by atoms with Crippen LogP contribution in [0.4, 0.5) is 0 Å². The van der Waals surface area contributed by atoms with Crippen LogP contribution in [0.2, 0.25) is 0 Å². The van der Waals surface area contributed by atoms with Crippen LogP contribution < -0.4 is 28.9 Å². The second-order valence-corrected chi connectivity index (χ2v) is 7.81. The third kappa shape index (κ3) is 5.82. The maximum Gasteiger partial charge on any atom is 1.00 e. The molecule has 0 fully saturated rings. The Hall–Kier alpha value is -1.84. The predicted molar refractivity (Wildman–Crippen MR) is 110 cm³/mol. The number of benzene rings is 3. The number of ether oxygens (including phenoxy) is 1. The molecule has 1 unspecified atom stereocenters. The second-order valence-electron chi connectivity index (χ2n) is 6.53. The van der Waals surface area contributed by atoms with Crippen molar-refractivity contribution in [1.29, 1.82) is 0 Å². The molecule has 132 valence electrons. The fourth-order valence-electron chi connectivity index (χ4n) is 3.11. The van der Waals surface area contributed by atoms with Crippen LogP contribution in [0.1, 0.15) is 32.6 Å². The van der Waals surface area contributed by atoms with Gasteiger partial charge in [0.25, 0.3) is 0 Å². The Kier molecular flexibility index (Phi) is 7.87. The summed E-state index contributed by atoms with van der Waals surface area (Å²) in [7, 11) is 0.122. The van der Waals surface area contributed by atoms with E-state index < -0.39 is 0 Å². The minimum absolute atomic E-state index is 0. The van der Waals surface area contributed by atoms with Crippen molar-refractivity contribution in [2.24, 2.45) is 0 Å². The van der Waals surface area contributed by atoms with E-state index in [0.717, 1.165) is 33.3 Å². The molecule has 0 saturated carbocycles. The molecule has 0 aliphatic carbocycles. The van der Waals surface area contributed by atoms with E-state index in [1.807, 2.05) is 68.4 Å². The molecule has 3 aromatic carbocycles. The first kappa shape index (κ1) is 21.5. The molecule has 3 rings (SSSR count). The Morgan fingerprint density at radius 2 is 1.48 bits per heavy atom. The zero-order valence-corrected chi connectivity index (χ0v) is 17.4. The molecule has 1 atom stereocenters. The molecule has 3 aromatic rings. The quantitative estimate of drug-likeness (QED) is 0.493. The zero-order valence-electron chi connectivity index (χ0n) is 16.4. The van der Waals surface area contributed by atoms with Crippen molar-refractivity contribution in [2.45, 2.75) is 27.4 Å². The smallest absolute Gasteiger partial charge is 0.489 e. The third-order valence-corrected chi connectivity index (χ3v) is 5.36. The standard InChI is InChI=1S/C23H23O2P.Li/c1-16-13-17(2)22(18(3)14-16)23(24)26-21-11-9-20(10-12-21)25-15-19-7-5-4-6-8-19;/h4-14,26H,15H2,1-3H3;/q;+1. The number of rotatable bonds is 6. The van der Waals surface area contributed by atoms with Gasteiger partial charge in [-0.05, 0) is 63.5 Å². The van der Waals surface area contributed by atoms with Gasteiger partial charge in [0.2, 0.25) is 0 Å². The summed E-state index contributed by atoms with van der Waals surface area (Å²) in [5.41, 5.74) is 5.50. The van der Waals surface area contributed by atoms with Gasteiger partial charge in [-0.2, -0.15) is 0 Å². The number of hydrogen-bond donors (Lipinski definition) is 0. The molecule has 0 aliphatic rings. The molecule has 0 aliphatic heterocycles. The third-order valence-electron chi connectivity index (χ3n) is 4.26. The largest absolute Gasteiger partial charge is 1.00 e. The minimum Gasteiger partial charge on any atom is -0.489 e. The summed E-state index contributed by atoms with van der Waals surface area (Å²) in [6.45, 7) is 6.63. The van der Waals surface area contributed by atoms with Crippen LogP contribution in [0, 0.1) is 20.8 Å². The monoisotopic (exact) mass is 369 g/mol. The number of aryl methyl sites for hydroxylation is 3. The van der Waals surface area contributed by atoms with Crippen LogP contribution in [0.3, 0.4) is 0 Å². The van der Waals surface area contributed by atoms with Crippen molar-refractivity contribution in [3.63, 3.8) is 0 Å². The van der Waals surface area contributed by atoms with Crippen molar-refractivity contribution in [1.82, 2.24) is 0 Å². The SMILES string of the molecule is Cc1cc(C)c(C(=O)Pc2ccc(OCc3ccccc3)cc2)c(C)c1.[Li+]. The van der Waals surface area contributed by atoms with Gasteiger partial charge in [0, 0.05) is 5.56 Å². The molecule has 0 aromatic heterocycles. The summed E-state index contributed by atoms with van der Waals surface area (Å²) in [5.74, 6) is 0.817. The summed E-state index contributed by atoms with van der Waals surface area (Å²) in [4.78, 5) is 12.7. The fourth-order valence-corrected chi connectivity index (χ4v) is 4.22. The van der Waals surface area contributed by atoms with Crippen molar-refractivity contribution >= 4 is 19.4 Å². The van der Waals surface area contributed by atoms with Crippen molar-refractivity contribution < 1.29 is 28.4 Å². The molecule has 0 bridgehead atoms. The summed E-state index contributed by atoms with van der Waals surface area (Å²) >= 11 is 0. The second kappa shape index (κ2) is 9.91. The van der Waals surface area contributed by atoms with Crippen LogP contribution in [-0.4, -0.2) is 5.52 Å². The molecular formula is C23H23LiO2P+. The van der Waals surface area contributed by atoms with Crippen LogP contribution in [-0.2, 0) is 6.61 Å². The molecular weight excluding hydrogens is 346 g/mol.